The van der Waals surface area contributed by atoms with Crippen molar-refractivity contribution in [2.75, 3.05) is 18.8 Å². The lowest BCUT2D eigenvalue weighted by atomic mass is 10.1. The fourth-order valence-corrected chi connectivity index (χ4v) is 5.50. The second-order valence-electron chi connectivity index (χ2n) is 7.59. The number of anilines is 1. The van der Waals surface area contributed by atoms with Crippen LogP contribution in [0.25, 0.3) is 11.1 Å². The van der Waals surface area contributed by atoms with Crippen molar-refractivity contribution in [1.82, 2.24) is 20.1 Å². The largest absolute Gasteiger partial charge is 0.404 e. The van der Waals surface area contributed by atoms with Crippen molar-refractivity contribution in [2.24, 2.45) is 0 Å². The predicted molar refractivity (Wildman–Crippen MR) is 122 cm³/mol. The molecule has 1 saturated heterocycles. The molecule has 3 aromatic rings. The number of nitrogens with zero attached hydrogens (tertiary/aromatic N) is 3. The van der Waals surface area contributed by atoms with Gasteiger partial charge < -0.3 is 11.1 Å². The highest BCUT2D eigenvalue weighted by molar-refractivity contribution is 7.99. The van der Waals surface area contributed by atoms with Crippen molar-refractivity contribution >= 4 is 40.8 Å². The zero-order valence-electron chi connectivity index (χ0n) is 17.0. The number of alkyl halides is 3. The van der Waals surface area contributed by atoms with Crippen LogP contribution in [0.2, 0.25) is 10.0 Å². The van der Waals surface area contributed by atoms with E-state index in [1.165, 1.54) is 12.3 Å². The van der Waals surface area contributed by atoms with Crippen LogP contribution in [0.15, 0.2) is 41.7 Å². The van der Waals surface area contributed by atoms with Crippen LogP contribution in [0.1, 0.15) is 29.7 Å². The number of piperidine rings is 1. The number of pyridine rings is 1. The molecule has 176 valence electrons. The van der Waals surface area contributed by atoms with Gasteiger partial charge in [0, 0.05) is 34.1 Å². The van der Waals surface area contributed by atoms with Gasteiger partial charge in [0.05, 0.1) is 22.2 Å². The van der Waals surface area contributed by atoms with Gasteiger partial charge in [-0.3, -0.25) is 4.68 Å². The Balaban J connectivity index is 1.67. The molecule has 0 bridgehead atoms. The lowest BCUT2D eigenvalue weighted by Crippen LogP contribution is -2.29. The predicted octanol–water partition coefficient (Wildman–Crippen LogP) is 6.29. The van der Waals surface area contributed by atoms with Crippen LogP contribution in [0.4, 0.5) is 23.4 Å². The number of nitrogens with two attached hydrogens (primary N) is 1. The summed E-state index contributed by atoms with van der Waals surface area (Å²) in [6.07, 6.45) is 2.06. The van der Waals surface area contributed by atoms with Crippen LogP contribution in [0.5, 0.6) is 0 Å². The first-order valence-electron chi connectivity index (χ1n) is 10.0. The molecule has 4 rings (SSSR count). The van der Waals surface area contributed by atoms with Crippen LogP contribution in [0.3, 0.4) is 0 Å². The Kier molecular flexibility index (Phi) is 7.09. The Morgan fingerprint density at radius 1 is 1.15 bits per heavy atom. The summed E-state index contributed by atoms with van der Waals surface area (Å²) in [6.45, 7) is 1.79. The molecule has 0 amide bonds. The highest BCUT2D eigenvalue weighted by atomic mass is 35.5. The molecule has 3 heterocycles. The molecular formula is C21H19Cl2F4N5S. The normalized spacial score (nSPS) is 16.2. The number of hydrogen-bond acceptors (Lipinski definition) is 5. The maximum atomic E-state index is 14.0. The van der Waals surface area contributed by atoms with Gasteiger partial charge >= 0.3 is 6.18 Å². The van der Waals surface area contributed by atoms with E-state index in [0.29, 0.717) is 22.9 Å². The van der Waals surface area contributed by atoms with Crippen LogP contribution in [-0.4, -0.2) is 34.0 Å². The van der Waals surface area contributed by atoms with Crippen LogP contribution in [-0.2, 0) is 0 Å². The van der Waals surface area contributed by atoms with E-state index in [9.17, 15) is 17.6 Å². The Morgan fingerprint density at radius 2 is 1.88 bits per heavy atom. The summed E-state index contributed by atoms with van der Waals surface area (Å²) >= 11 is 12.2. The minimum Gasteiger partial charge on any atom is -0.383 e. The molecule has 1 aliphatic heterocycles. The van der Waals surface area contributed by atoms with Crippen LogP contribution in [0, 0.1) is 5.82 Å². The Labute approximate surface area is 201 Å². The number of hydrogen-bond donors (Lipinski definition) is 2. The molecule has 1 aromatic carbocycles. The zero-order chi connectivity index (χ0) is 23.8. The van der Waals surface area contributed by atoms with E-state index in [4.69, 9.17) is 28.9 Å². The number of rotatable bonds is 5. The summed E-state index contributed by atoms with van der Waals surface area (Å²) in [6, 6.07) is 3.73. The number of thioether (sulfide) groups is 1. The zero-order valence-corrected chi connectivity index (χ0v) is 19.4. The van der Waals surface area contributed by atoms with Crippen molar-refractivity contribution in [3.63, 3.8) is 0 Å². The van der Waals surface area contributed by atoms with E-state index < -0.39 is 27.8 Å². The van der Waals surface area contributed by atoms with Gasteiger partial charge in [-0.25, -0.2) is 9.37 Å². The third kappa shape index (κ3) is 5.24. The molecule has 0 spiro atoms. The molecule has 2 aromatic heterocycles. The van der Waals surface area contributed by atoms with E-state index in [1.54, 1.807) is 6.20 Å². The fraction of sp³-hybridized carbons (Fsp3) is 0.333. The molecule has 33 heavy (non-hydrogen) atoms. The van der Waals surface area contributed by atoms with Crippen LogP contribution < -0.4 is 11.1 Å². The lowest BCUT2D eigenvalue weighted by molar-refractivity contribution is -0.129. The topological polar surface area (TPSA) is 68.8 Å². The average molecular weight is 520 g/mol. The van der Waals surface area contributed by atoms with E-state index in [2.05, 4.69) is 15.4 Å². The average Bonchev–Trinajstić information content (AvgIpc) is 3.27. The van der Waals surface area contributed by atoms with E-state index >= 15 is 0 Å². The van der Waals surface area contributed by atoms with Gasteiger partial charge in [0.25, 0.3) is 0 Å². The highest BCUT2D eigenvalue weighted by Crippen LogP contribution is 2.52. The molecule has 0 radical (unpaired) electrons. The molecule has 0 aliphatic carbocycles. The number of nitrogen functional groups attached to an aromatic ring is 1. The van der Waals surface area contributed by atoms with Gasteiger partial charge in [0.1, 0.15) is 16.9 Å². The summed E-state index contributed by atoms with van der Waals surface area (Å²) in [5, 5.41) is 4.49. The number of halogens is 6. The molecule has 1 fully saturated rings. The van der Waals surface area contributed by atoms with E-state index in [1.807, 2.05) is 10.9 Å². The second kappa shape index (κ2) is 9.69. The summed E-state index contributed by atoms with van der Waals surface area (Å²) in [7, 11) is 0. The van der Waals surface area contributed by atoms with E-state index in [0.717, 1.165) is 38.1 Å². The molecule has 1 unspecified atom stereocenters. The first kappa shape index (κ1) is 24.1. The van der Waals surface area contributed by atoms with Gasteiger partial charge in [0.2, 0.25) is 0 Å². The van der Waals surface area contributed by atoms with E-state index in [-0.39, 0.29) is 21.8 Å². The fourth-order valence-electron chi connectivity index (χ4n) is 3.66. The van der Waals surface area contributed by atoms with Gasteiger partial charge in [0.15, 0.2) is 0 Å². The third-order valence-electron chi connectivity index (χ3n) is 5.38. The molecule has 1 atom stereocenters. The molecule has 1 aliphatic rings. The first-order valence-corrected chi connectivity index (χ1v) is 11.7. The molecular weight excluding hydrogens is 501 g/mol. The SMILES string of the molecule is Nc1ncc(-c2cnn(C3CCNCC3)c2)cc1SC(c1c(Cl)ccc(F)c1Cl)C(F)(F)F. The maximum Gasteiger partial charge on any atom is 0.404 e. The van der Waals surface area contributed by atoms with Gasteiger partial charge in [-0.15, -0.1) is 11.8 Å². The Hall–Kier alpha value is -2.01. The van der Waals surface area contributed by atoms with Gasteiger partial charge in [-0.1, -0.05) is 23.2 Å². The van der Waals surface area contributed by atoms with Crippen molar-refractivity contribution in [2.45, 2.75) is 35.2 Å². The number of benzene rings is 1. The molecule has 0 saturated carbocycles. The standard InChI is InChI=1S/C21H19Cl2F4N5S/c22-14-1-2-15(24)18(23)17(14)19(21(25,26)27)33-16-7-11(8-30-20(16)28)12-9-31-32(10-12)13-3-5-29-6-4-13/h1-2,7-10,13,19,29H,3-6H2,(H2,28,30). The van der Waals surface area contributed by atoms with Crippen molar-refractivity contribution in [3.05, 3.63) is 58.2 Å². The maximum absolute atomic E-state index is 14.0. The minimum atomic E-state index is -4.78. The molecule has 12 heteroatoms. The van der Waals surface area contributed by atoms with Gasteiger partial charge in [-0.05, 0) is 44.1 Å². The summed E-state index contributed by atoms with van der Waals surface area (Å²) in [4.78, 5) is 4.14. The monoisotopic (exact) mass is 519 g/mol. The Bertz CT molecular complexity index is 1150. The van der Waals surface area contributed by atoms with Crippen molar-refractivity contribution in [1.29, 1.82) is 0 Å². The van der Waals surface area contributed by atoms with Crippen molar-refractivity contribution in [3.8, 4) is 11.1 Å². The summed E-state index contributed by atoms with van der Waals surface area (Å²) < 4.78 is 57.8. The summed E-state index contributed by atoms with van der Waals surface area (Å²) in [5.41, 5.74) is 6.60. The van der Waals surface area contributed by atoms with Crippen LogP contribution >= 0.6 is 35.0 Å². The van der Waals surface area contributed by atoms with Gasteiger partial charge in [-0.2, -0.15) is 18.3 Å². The quantitative estimate of drug-likeness (QED) is 0.235. The smallest absolute Gasteiger partial charge is 0.383 e. The Morgan fingerprint density at radius 3 is 2.58 bits per heavy atom. The minimum absolute atomic E-state index is 0.0702. The second-order valence-corrected chi connectivity index (χ2v) is 9.53. The third-order valence-corrected chi connectivity index (χ3v) is 7.42. The lowest BCUT2D eigenvalue weighted by Gasteiger charge is -2.23. The number of nitrogens with one attached hydrogen (secondary N) is 1. The summed E-state index contributed by atoms with van der Waals surface area (Å²) in [5.74, 6) is -1.08. The number of aromatic nitrogens is 3. The highest BCUT2D eigenvalue weighted by Gasteiger charge is 2.44. The molecule has 5 nitrogen and oxygen atoms in total. The first-order chi connectivity index (χ1) is 15.6. The molecule has 3 N–H and O–H groups in total. The van der Waals surface area contributed by atoms with Crippen molar-refractivity contribution < 1.29 is 17.6 Å².